The zero-order valence-corrected chi connectivity index (χ0v) is 17.3. The summed E-state index contributed by atoms with van der Waals surface area (Å²) in [6, 6.07) is 11.9. The average molecular weight is 401 g/mol. The van der Waals surface area contributed by atoms with E-state index in [4.69, 9.17) is 0 Å². The van der Waals surface area contributed by atoms with Gasteiger partial charge in [-0.05, 0) is 68.9 Å². The Bertz CT molecular complexity index is 772. The van der Waals surface area contributed by atoms with E-state index in [1.54, 1.807) is 23.5 Å². The molecule has 1 saturated heterocycles. The molecule has 0 radical (unpaired) electrons. The summed E-state index contributed by atoms with van der Waals surface area (Å²) in [5.74, 6) is -0.507. The van der Waals surface area contributed by atoms with E-state index in [0.29, 0.717) is 11.6 Å². The van der Waals surface area contributed by atoms with Gasteiger partial charge in [0, 0.05) is 35.3 Å². The number of likely N-dealkylation sites (tertiary alicyclic amines) is 1. The first-order valence-corrected chi connectivity index (χ1v) is 10.7. The molecule has 1 atom stereocenters. The van der Waals surface area contributed by atoms with Crippen LogP contribution in [0.1, 0.15) is 48.0 Å². The van der Waals surface area contributed by atoms with Crippen molar-refractivity contribution in [3.63, 3.8) is 0 Å². The first-order chi connectivity index (χ1) is 13.6. The Labute approximate surface area is 170 Å². The first kappa shape index (κ1) is 20.4. The third kappa shape index (κ3) is 4.91. The summed E-state index contributed by atoms with van der Waals surface area (Å²) in [6.45, 7) is 7.22. The van der Waals surface area contributed by atoms with Crippen LogP contribution in [-0.4, -0.2) is 42.9 Å². The number of carbonyl (C=O) groups excluding carboxylic acids is 2. The highest BCUT2D eigenvalue weighted by atomic mass is 32.1. The molecule has 0 saturated carbocycles. The van der Waals surface area contributed by atoms with E-state index >= 15 is 0 Å². The third-order valence-electron chi connectivity index (χ3n) is 5.16. The number of anilines is 1. The van der Waals surface area contributed by atoms with Gasteiger partial charge in [-0.15, -0.1) is 11.3 Å². The van der Waals surface area contributed by atoms with E-state index in [-0.39, 0.29) is 18.4 Å². The van der Waals surface area contributed by atoms with Gasteiger partial charge in [-0.2, -0.15) is 0 Å². The average Bonchev–Trinajstić information content (AvgIpc) is 3.39. The van der Waals surface area contributed by atoms with E-state index in [2.05, 4.69) is 45.9 Å². The molecule has 28 heavy (non-hydrogen) atoms. The minimum absolute atomic E-state index is 0.198. The van der Waals surface area contributed by atoms with Crippen LogP contribution in [0.4, 0.5) is 5.69 Å². The van der Waals surface area contributed by atoms with Gasteiger partial charge in [0.1, 0.15) is 0 Å². The molecule has 1 aromatic carbocycles. The standard InChI is InChI=1S/C21H28N4O2S/c1-3-24(4-2)17-11-9-16(10-12-17)21(27)23-22-20(26)15-25-13-5-7-18(25)19-8-6-14-28-19/h6,8-12,14,18H,3-5,7,13,15H2,1-2H3,(H,22,26)(H,23,27)/t18-/m1/s1. The van der Waals surface area contributed by atoms with Gasteiger partial charge in [-0.1, -0.05) is 6.07 Å². The number of nitrogens with zero attached hydrogens (tertiary/aromatic N) is 2. The molecular formula is C21H28N4O2S. The number of nitrogens with one attached hydrogen (secondary N) is 2. The molecule has 2 aromatic rings. The highest BCUT2D eigenvalue weighted by Crippen LogP contribution is 2.33. The summed E-state index contributed by atoms with van der Waals surface area (Å²) < 4.78 is 0. The fourth-order valence-corrected chi connectivity index (χ4v) is 4.55. The Kier molecular flexibility index (Phi) is 7.06. The fourth-order valence-electron chi connectivity index (χ4n) is 3.65. The van der Waals surface area contributed by atoms with Crippen LogP contribution in [0.15, 0.2) is 41.8 Å². The molecule has 2 heterocycles. The van der Waals surface area contributed by atoms with Crippen LogP contribution in [0, 0.1) is 0 Å². The number of thiophene rings is 1. The molecule has 0 bridgehead atoms. The van der Waals surface area contributed by atoms with Crippen LogP contribution in [0.5, 0.6) is 0 Å². The van der Waals surface area contributed by atoms with Gasteiger partial charge in [0.25, 0.3) is 11.8 Å². The second-order valence-electron chi connectivity index (χ2n) is 6.87. The minimum Gasteiger partial charge on any atom is -0.372 e. The normalized spacial score (nSPS) is 16.7. The number of carbonyl (C=O) groups is 2. The minimum atomic E-state index is -0.310. The van der Waals surface area contributed by atoms with Gasteiger partial charge in [0.15, 0.2) is 0 Å². The maximum absolute atomic E-state index is 12.3. The number of rotatable bonds is 7. The van der Waals surface area contributed by atoms with Gasteiger partial charge in [0.2, 0.25) is 0 Å². The van der Waals surface area contributed by atoms with Crippen LogP contribution in [-0.2, 0) is 4.79 Å². The Hall–Kier alpha value is -2.38. The molecule has 1 aromatic heterocycles. The van der Waals surface area contributed by atoms with Crippen molar-refractivity contribution in [2.45, 2.75) is 32.7 Å². The topological polar surface area (TPSA) is 64.7 Å². The zero-order valence-electron chi connectivity index (χ0n) is 16.5. The lowest BCUT2D eigenvalue weighted by Crippen LogP contribution is -2.46. The molecule has 0 spiro atoms. The Morgan fingerprint density at radius 1 is 1.14 bits per heavy atom. The second kappa shape index (κ2) is 9.71. The monoisotopic (exact) mass is 400 g/mol. The van der Waals surface area contributed by atoms with E-state index in [0.717, 1.165) is 38.2 Å². The lowest BCUT2D eigenvalue weighted by molar-refractivity contribution is -0.123. The summed E-state index contributed by atoms with van der Waals surface area (Å²) in [5.41, 5.74) is 6.67. The largest absolute Gasteiger partial charge is 0.372 e. The van der Waals surface area contributed by atoms with Crippen LogP contribution in [0.3, 0.4) is 0 Å². The van der Waals surface area contributed by atoms with Crippen molar-refractivity contribution in [1.82, 2.24) is 15.8 Å². The number of hydrogen-bond donors (Lipinski definition) is 2. The summed E-state index contributed by atoms with van der Waals surface area (Å²) >= 11 is 1.73. The van der Waals surface area contributed by atoms with Crippen LogP contribution in [0.2, 0.25) is 0 Å². The molecule has 2 amide bonds. The predicted octanol–water partition coefficient (Wildman–Crippen LogP) is 3.19. The van der Waals surface area contributed by atoms with E-state index in [1.807, 2.05) is 18.2 Å². The van der Waals surface area contributed by atoms with E-state index in [1.165, 1.54) is 4.88 Å². The van der Waals surface area contributed by atoms with Gasteiger partial charge >= 0.3 is 0 Å². The van der Waals surface area contributed by atoms with Crippen molar-refractivity contribution in [3.05, 3.63) is 52.2 Å². The molecule has 7 heteroatoms. The van der Waals surface area contributed by atoms with Crippen LogP contribution >= 0.6 is 11.3 Å². The lowest BCUT2D eigenvalue weighted by atomic mass is 10.2. The molecule has 0 aliphatic carbocycles. The van der Waals surface area contributed by atoms with Crippen molar-refractivity contribution in [3.8, 4) is 0 Å². The Balaban J connectivity index is 1.49. The zero-order chi connectivity index (χ0) is 19.9. The number of hydrogen-bond acceptors (Lipinski definition) is 5. The molecule has 2 N–H and O–H groups in total. The van der Waals surface area contributed by atoms with E-state index < -0.39 is 0 Å². The van der Waals surface area contributed by atoms with Gasteiger partial charge in [0.05, 0.1) is 6.54 Å². The molecule has 1 fully saturated rings. The molecule has 3 rings (SSSR count). The quantitative estimate of drug-likeness (QED) is 0.701. The predicted molar refractivity (Wildman–Crippen MR) is 113 cm³/mol. The van der Waals surface area contributed by atoms with Crippen molar-refractivity contribution in [2.24, 2.45) is 0 Å². The highest BCUT2D eigenvalue weighted by molar-refractivity contribution is 7.10. The SMILES string of the molecule is CCN(CC)c1ccc(C(=O)NNC(=O)CN2CCC[C@@H]2c2cccs2)cc1. The summed E-state index contributed by atoms with van der Waals surface area (Å²) in [4.78, 5) is 30.3. The summed E-state index contributed by atoms with van der Waals surface area (Å²) in [5, 5.41) is 2.07. The second-order valence-corrected chi connectivity index (χ2v) is 7.84. The van der Waals surface area contributed by atoms with Crippen molar-refractivity contribution in [1.29, 1.82) is 0 Å². The molecular weight excluding hydrogens is 372 g/mol. The van der Waals surface area contributed by atoms with Crippen molar-refractivity contribution in [2.75, 3.05) is 31.1 Å². The summed E-state index contributed by atoms with van der Waals surface area (Å²) in [7, 11) is 0. The fraction of sp³-hybridized carbons (Fsp3) is 0.429. The Morgan fingerprint density at radius 3 is 2.54 bits per heavy atom. The molecule has 150 valence electrons. The smallest absolute Gasteiger partial charge is 0.269 e. The summed E-state index contributed by atoms with van der Waals surface area (Å²) in [6.07, 6.45) is 2.15. The number of amides is 2. The van der Waals surface area contributed by atoms with Gasteiger partial charge in [-0.3, -0.25) is 25.3 Å². The van der Waals surface area contributed by atoms with Gasteiger partial charge in [-0.25, -0.2) is 0 Å². The lowest BCUT2D eigenvalue weighted by Gasteiger charge is -2.23. The van der Waals surface area contributed by atoms with Crippen LogP contribution in [0.25, 0.3) is 0 Å². The molecule has 1 aliphatic heterocycles. The number of hydrazine groups is 1. The van der Waals surface area contributed by atoms with Crippen molar-refractivity contribution < 1.29 is 9.59 Å². The Morgan fingerprint density at radius 2 is 1.89 bits per heavy atom. The molecule has 6 nitrogen and oxygen atoms in total. The highest BCUT2D eigenvalue weighted by Gasteiger charge is 2.28. The van der Waals surface area contributed by atoms with Crippen molar-refractivity contribution >= 4 is 28.8 Å². The maximum Gasteiger partial charge on any atom is 0.269 e. The molecule has 1 aliphatic rings. The van der Waals surface area contributed by atoms with Gasteiger partial charge < -0.3 is 4.90 Å². The number of benzene rings is 1. The third-order valence-corrected chi connectivity index (χ3v) is 6.13. The van der Waals surface area contributed by atoms with E-state index in [9.17, 15) is 9.59 Å². The molecule has 0 unspecified atom stereocenters. The maximum atomic E-state index is 12.3. The van der Waals surface area contributed by atoms with Crippen LogP contribution < -0.4 is 15.8 Å². The first-order valence-electron chi connectivity index (χ1n) is 9.84.